The highest BCUT2D eigenvalue weighted by Crippen LogP contribution is 2.50. The number of fused-ring (bicyclic) bond motifs is 1. The van der Waals surface area contributed by atoms with Gasteiger partial charge in [0.25, 0.3) is 0 Å². The molecule has 210 valence electrons. The highest BCUT2D eigenvalue weighted by molar-refractivity contribution is 7.80. The molecule has 3 aliphatic heterocycles. The van der Waals surface area contributed by atoms with Crippen LogP contribution in [-0.2, 0) is 33.4 Å². The van der Waals surface area contributed by atoms with Gasteiger partial charge in [-0.3, -0.25) is 9.78 Å². The summed E-state index contributed by atoms with van der Waals surface area (Å²) in [6.07, 6.45) is 0.408. The van der Waals surface area contributed by atoms with E-state index in [1.807, 2.05) is 0 Å². The van der Waals surface area contributed by atoms with Gasteiger partial charge in [0, 0.05) is 82.8 Å². The van der Waals surface area contributed by atoms with E-state index in [2.05, 4.69) is 20.5 Å². The van der Waals surface area contributed by atoms with Crippen LogP contribution in [0.15, 0.2) is 12.3 Å². The number of carbonyl (C=O) groups is 1. The second kappa shape index (κ2) is 10.9. The summed E-state index contributed by atoms with van der Waals surface area (Å²) in [4.78, 5) is 21.9. The normalized spacial score (nSPS) is 31.5. The summed E-state index contributed by atoms with van der Waals surface area (Å²) < 4.78 is 51.1. The minimum absolute atomic E-state index is 0.00158. The molecule has 2 saturated heterocycles. The molecule has 0 radical (unpaired) electrons. The number of carbonyl (C=O) groups excluding carboxylic acids is 1. The van der Waals surface area contributed by atoms with Crippen LogP contribution in [0.4, 0.5) is 13.2 Å². The van der Waals surface area contributed by atoms with Crippen LogP contribution >= 0.6 is 12.2 Å². The Bertz CT molecular complexity index is 1060. The maximum atomic E-state index is 14.0. The molecule has 4 aliphatic rings. The second-order valence-corrected chi connectivity index (χ2v) is 11.4. The van der Waals surface area contributed by atoms with Gasteiger partial charge in [0.2, 0.25) is 5.91 Å². The Balaban J connectivity index is 1.33. The lowest BCUT2D eigenvalue weighted by Gasteiger charge is -2.36. The predicted molar refractivity (Wildman–Crippen MR) is 138 cm³/mol. The van der Waals surface area contributed by atoms with E-state index >= 15 is 0 Å². The third-order valence-electron chi connectivity index (χ3n) is 8.83. The minimum Gasteiger partial charge on any atom is -0.379 e. The van der Waals surface area contributed by atoms with Gasteiger partial charge in [0.1, 0.15) is 0 Å². The zero-order valence-electron chi connectivity index (χ0n) is 21.9. The SMILES string of the molecule is CNC(=S)N1CC(C(=O)N2CCc3ncc(C(F)(F)F)cc3C2)[C@@]2(CC[C@H](NC3CCOCC3OC)C2)C1. The number of thiocarbonyl (C=S) groups is 1. The molecule has 1 aliphatic carbocycles. The number of nitrogens with one attached hydrogen (secondary N) is 2. The number of hydrogen-bond acceptors (Lipinski definition) is 6. The molecule has 3 unspecified atom stereocenters. The van der Waals surface area contributed by atoms with Gasteiger partial charge in [0.05, 0.1) is 24.2 Å². The van der Waals surface area contributed by atoms with Crippen molar-refractivity contribution in [3.05, 3.63) is 29.1 Å². The molecule has 1 aromatic heterocycles. The van der Waals surface area contributed by atoms with Crippen LogP contribution < -0.4 is 10.6 Å². The lowest BCUT2D eigenvalue weighted by Crippen LogP contribution is -2.51. The molecule has 2 N–H and O–H groups in total. The van der Waals surface area contributed by atoms with Gasteiger partial charge in [0.15, 0.2) is 5.11 Å². The molecule has 5 atom stereocenters. The molecule has 1 amide bonds. The number of rotatable bonds is 4. The van der Waals surface area contributed by atoms with Crippen molar-refractivity contribution in [3.8, 4) is 0 Å². The van der Waals surface area contributed by atoms with Gasteiger partial charge in [-0.25, -0.2) is 0 Å². The smallest absolute Gasteiger partial charge is 0.379 e. The van der Waals surface area contributed by atoms with E-state index in [1.54, 1.807) is 19.1 Å². The van der Waals surface area contributed by atoms with Gasteiger partial charge >= 0.3 is 6.18 Å². The van der Waals surface area contributed by atoms with Crippen molar-refractivity contribution in [2.75, 3.05) is 47.0 Å². The number of methoxy groups -OCH3 is 1. The number of likely N-dealkylation sites (tertiary alicyclic amines) is 1. The fraction of sp³-hybridized carbons (Fsp3) is 0.731. The lowest BCUT2D eigenvalue weighted by molar-refractivity contribution is -0.139. The molecule has 5 rings (SSSR count). The van der Waals surface area contributed by atoms with Crippen molar-refractivity contribution in [2.45, 2.75) is 63.0 Å². The minimum atomic E-state index is -4.47. The van der Waals surface area contributed by atoms with Gasteiger partial charge in [-0.2, -0.15) is 13.2 Å². The zero-order chi connectivity index (χ0) is 27.1. The van der Waals surface area contributed by atoms with E-state index < -0.39 is 11.7 Å². The Labute approximate surface area is 226 Å². The summed E-state index contributed by atoms with van der Waals surface area (Å²) in [7, 11) is 3.49. The van der Waals surface area contributed by atoms with Crippen molar-refractivity contribution < 1.29 is 27.4 Å². The first kappa shape index (κ1) is 27.5. The molecule has 1 spiro atoms. The first-order valence-corrected chi connectivity index (χ1v) is 13.7. The molecule has 38 heavy (non-hydrogen) atoms. The fourth-order valence-electron chi connectivity index (χ4n) is 6.81. The number of aromatic nitrogens is 1. The molecule has 4 heterocycles. The first-order chi connectivity index (χ1) is 18.1. The van der Waals surface area contributed by atoms with E-state index in [1.165, 1.54) is 0 Å². The molecular weight excluding hydrogens is 519 g/mol. The summed E-state index contributed by atoms with van der Waals surface area (Å²) in [5.41, 5.74) is 0.0803. The number of halogens is 3. The molecule has 0 aromatic carbocycles. The van der Waals surface area contributed by atoms with E-state index in [0.29, 0.717) is 55.6 Å². The van der Waals surface area contributed by atoms with Crippen LogP contribution in [0, 0.1) is 11.3 Å². The topological polar surface area (TPSA) is 79.0 Å². The summed E-state index contributed by atoms with van der Waals surface area (Å²) >= 11 is 5.55. The van der Waals surface area contributed by atoms with Gasteiger partial charge < -0.3 is 29.9 Å². The average molecular weight is 556 g/mol. The second-order valence-electron chi connectivity index (χ2n) is 11.0. The number of ether oxygens (including phenoxy) is 2. The number of hydrogen-bond donors (Lipinski definition) is 2. The predicted octanol–water partition coefficient (Wildman–Crippen LogP) is 2.35. The molecule has 12 heteroatoms. The molecule has 8 nitrogen and oxygen atoms in total. The Morgan fingerprint density at radius 1 is 1.32 bits per heavy atom. The van der Waals surface area contributed by atoms with Crippen molar-refractivity contribution >= 4 is 23.2 Å². The Morgan fingerprint density at radius 2 is 2.13 bits per heavy atom. The van der Waals surface area contributed by atoms with Crippen molar-refractivity contribution in [2.24, 2.45) is 11.3 Å². The Kier molecular flexibility index (Phi) is 7.87. The zero-order valence-corrected chi connectivity index (χ0v) is 22.7. The van der Waals surface area contributed by atoms with Crippen molar-refractivity contribution in [1.82, 2.24) is 25.4 Å². The Morgan fingerprint density at radius 3 is 2.87 bits per heavy atom. The third-order valence-corrected chi connectivity index (χ3v) is 9.29. The average Bonchev–Trinajstić information content (AvgIpc) is 3.50. The van der Waals surface area contributed by atoms with E-state index in [4.69, 9.17) is 21.7 Å². The van der Waals surface area contributed by atoms with Crippen molar-refractivity contribution in [1.29, 1.82) is 0 Å². The third kappa shape index (κ3) is 5.37. The summed E-state index contributed by atoms with van der Waals surface area (Å²) in [6.45, 7) is 3.06. The van der Waals surface area contributed by atoms with Gasteiger partial charge in [-0.05, 0) is 49.5 Å². The van der Waals surface area contributed by atoms with Crippen LogP contribution in [0.2, 0.25) is 0 Å². The molecule has 1 saturated carbocycles. The Hall–Kier alpha value is -2.02. The summed E-state index contributed by atoms with van der Waals surface area (Å²) in [6, 6.07) is 1.59. The lowest BCUT2D eigenvalue weighted by atomic mass is 9.75. The van der Waals surface area contributed by atoms with Crippen LogP contribution in [0.25, 0.3) is 0 Å². The summed E-state index contributed by atoms with van der Waals surface area (Å²) in [5, 5.41) is 7.45. The van der Waals surface area contributed by atoms with Crippen LogP contribution in [-0.4, -0.2) is 91.0 Å². The molecule has 1 aromatic rings. The number of nitrogens with zero attached hydrogens (tertiary/aromatic N) is 3. The molecule has 0 bridgehead atoms. The van der Waals surface area contributed by atoms with E-state index in [-0.39, 0.29) is 42.0 Å². The molecule has 3 fully saturated rings. The fourth-order valence-corrected chi connectivity index (χ4v) is 6.95. The standard InChI is InChI=1S/C26H36F3N5O3S/c1-30-24(38)34-13-19(23(35)33-7-4-20-16(12-33)9-17(11-31-20)26(27,28)29)25(15-34)6-3-18(10-25)32-21-5-8-37-14-22(21)36-2/h9,11,18-19,21-22,32H,3-8,10,12-15H2,1-2H3,(H,30,38)/t18-,19?,21?,22?,25+/m0/s1. The van der Waals surface area contributed by atoms with E-state index in [9.17, 15) is 18.0 Å². The van der Waals surface area contributed by atoms with Gasteiger partial charge in [-0.15, -0.1) is 0 Å². The molecular formula is C26H36F3N5O3S. The van der Waals surface area contributed by atoms with E-state index in [0.717, 1.165) is 37.9 Å². The highest BCUT2D eigenvalue weighted by Gasteiger charge is 2.55. The maximum absolute atomic E-state index is 14.0. The number of amides is 1. The maximum Gasteiger partial charge on any atom is 0.417 e. The highest BCUT2D eigenvalue weighted by atomic mass is 32.1. The van der Waals surface area contributed by atoms with Crippen LogP contribution in [0.5, 0.6) is 0 Å². The largest absolute Gasteiger partial charge is 0.417 e. The van der Waals surface area contributed by atoms with Gasteiger partial charge in [-0.1, -0.05) is 0 Å². The quantitative estimate of drug-likeness (QED) is 0.549. The first-order valence-electron chi connectivity index (χ1n) is 13.3. The van der Waals surface area contributed by atoms with Crippen molar-refractivity contribution in [3.63, 3.8) is 0 Å². The monoisotopic (exact) mass is 555 g/mol. The summed E-state index contributed by atoms with van der Waals surface area (Å²) in [5.74, 6) is -0.287. The van der Waals surface area contributed by atoms with Crippen LogP contribution in [0.3, 0.4) is 0 Å². The van der Waals surface area contributed by atoms with Crippen LogP contribution in [0.1, 0.15) is 42.5 Å². The number of alkyl halides is 3. The number of pyridine rings is 1.